The molecule has 1 atom stereocenters. The van der Waals surface area contributed by atoms with Crippen LogP contribution in [0.25, 0.3) is 0 Å². The number of halogens is 2. The summed E-state index contributed by atoms with van der Waals surface area (Å²) >= 11 is 3.18. The van der Waals surface area contributed by atoms with Gasteiger partial charge in [0.1, 0.15) is 5.82 Å². The van der Waals surface area contributed by atoms with Gasteiger partial charge in [-0.1, -0.05) is 28.8 Å². The first kappa shape index (κ1) is 19.7. The highest BCUT2D eigenvalue weighted by Gasteiger charge is 2.50. The van der Waals surface area contributed by atoms with E-state index in [1.54, 1.807) is 0 Å². The fourth-order valence-electron chi connectivity index (χ4n) is 3.29. The number of sulfone groups is 1. The maximum Gasteiger partial charge on any atom is 0.405 e. The van der Waals surface area contributed by atoms with Crippen LogP contribution in [0, 0.1) is 17.1 Å². The van der Waals surface area contributed by atoms with Gasteiger partial charge in [-0.15, -0.1) is 0 Å². The van der Waals surface area contributed by atoms with Crippen molar-refractivity contribution >= 4 is 31.9 Å². The molecular formula is C16H18BrFN2O4S. The summed E-state index contributed by atoms with van der Waals surface area (Å²) in [6, 6.07) is 5.81. The van der Waals surface area contributed by atoms with Gasteiger partial charge in [-0.25, -0.2) is 17.6 Å². The molecule has 1 aromatic carbocycles. The highest BCUT2D eigenvalue weighted by Crippen LogP contribution is 2.40. The van der Waals surface area contributed by atoms with Crippen LogP contribution >= 0.6 is 15.9 Å². The molecule has 2 N–H and O–H groups in total. The van der Waals surface area contributed by atoms with Crippen LogP contribution in [0.5, 0.6) is 0 Å². The van der Waals surface area contributed by atoms with E-state index in [4.69, 9.17) is 5.11 Å². The zero-order valence-electron chi connectivity index (χ0n) is 13.6. The summed E-state index contributed by atoms with van der Waals surface area (Å²) in [5.74, 6) is -1.43. The molecule has 0 saturated heterocycles. The Labute approximate surface area is 154 Å². The third kappa shape index (κ3) is 3.80. The number of nitrogens with zero attached hydrogens (tertiary/aromatic N) is 1. The Balaban J connectivity index is 2.53. The summed E-state index contributed by atoms with van der Waals surface area (Å²) in [5, 5.41) is 20.7. The van der Waals surface area contributed by atoms with Gasteiger partial charge in [-0.05, 0) is 38.0 Å². The lowest BCUT2D eigenvalue weighted by Gasteiger charge is -2.33. The number of carboxylic acid groups (broad SMARTS) is 1. The maximum atomic E-state index is 14.3. The fourth-order valence-corrected chi connectivity index (χ4v) is 5.97. The van der Waals surface area contributed by atoms with Crippen molar-refractivity contribution in [3.8, 4) is 6.07 Å². The molecular weight excluding hydrogens is 415 g/mol. The molecule has 9 heteroatoms. The third-order valence-corrected chi connectivity index (χ3v) is 7.74. The second-order valence-electron chi connectivity index (χ2n) is 6.46. The minimum absolute atomic E-state index is 0.0982. The zero-order valence-corrected chi connectivity index (χ0v) is 16.0. The quantitative estimate of drug-likeness (QED) is 0.741. The maximum absolute atomic E-state index is 14.3. The predicted molar refractivity (Wildman–Crippen MR) is 93.2 cm³/mol. The molecule has 1 fully saturated rings. The van der Waals surface area contributed by atoms with E-state index in [1.807, 2.05) is 6.07 Å². The fraction of sp³-hybridized carbons (Fsp3) is 0.500. The van der Waals surface area contributed by atoms with Crippen molar-refractivity contribution in [1.29, 1.82) is 5.26 Å². The summed E-state index contributed by atoms with van der Waals surface area (Å²) in [6.45, 7) is 1.31. The van der Waals surface area contributed by atoms with Gasteiger partial charge >= 0.3 is 6.09 Å². The van der Waals surface area contributed by atoms with Crippen molar-refractivity contribution in [2.75, 3.05) is 5.75 Å². The first-order chi connectivity index (χ1) is 11.6. The Bertz CT molecular complexity index is 831. The van der Waals surface area contributed by atoms with E-state index in [9.17, 15) is 22.9 Å². The van der Waals surface area contributed by atoms with E-state index >= 15 is 0 Å². The summed E-state index contributed by atoms with van der Waals surface area (Å²) in [4.78, 5) is 11.2. The molecule has 1 aliphatic rings. The number of carbonyl (C=O) groups is 1. The molecule has 1 saturated carbocycles. The Hall–Kier alpha value is -1.66. The van der Waals surface area contributed by atoms with E-state index in [2.05, 4.69) is 21.2 Å². The summed E-state index contributed by atoms with van der Waals surface area (Å²) < 4.78 is 39.2. The van der Waals surface area contributed by atoms with Crippen LogP contribution in [-0.4, -0.2) is 30.1 Å². The Morgan fingerprint density at radius 1 is 1.48 bits per heavy atom. The van der Waals surface area contributed by atoms with Crippen molar-refractivity contribution in [1.82, 2.24) is 5.32 Å². The highest BCUT2D eigenvalue weighted by molar-refractivity contribution is 9.10. The molecule has 0 radical (unpaired) electrons. The highest BCUT2D eigenvalue weighted by atomic mass is 79.9. The number of nitriles is 1. The number of amides is 1. The molecule has 0 spiro atoms. The smallest absolute Gasteiger partial charge is 0.405 e. The number of nitrogens with one attached hydrogen (secondary N) is 1. The van der Waals surface area contributed by atoms with Crippen molar-refractivity contribution in [3.05, 3.63) is 34.1 Å². The van der Waals surface area contributed by atoms with Crippen molar-refractivity contribution < 1.29 is 22.7 Å². The van der Waals surface area contributed by atoms with E-state index in [0.29, 0.717) is 17.3 Å². The van der Waals surface area contributed by atoms with Gasteiger partial charge in [0.05, 0.1) is 17.4 Å². The van der Waals surface area contributed by atoms with Gasteiger partial charge in [0.15, 0.2) is 14.6 Å². The van der Waals surface area contributed by atoms with Gasteiger partial charge in [-0.3, -0.25) is 0 Å². The second kappa shape index (κ2) is 6.92. The lowest BCUT2D eigenvalue weighted by molar-refractivity contribution is 0.182. The molecule has 0 heterocycles. The van der Waals surface area contributed by atoms with Crippen LogP contribution in [0.1, 0.15) is 38.2 Å². The molecule has 136 valence electrons. The molecule has 1 amide bonds. The average molecular weight is 433 g/mol. The minimum atomic E-state index is -4.02. The van der Waals surface area contributed by atoms with Gasteiger partial charge in [0.2, 0.25) is 0 Å². The Kier molecular flexibility index (Phi) is 5.44. The third-order valence-electron chi connectivity index (χ3n) is 4.59. The van der Waals surface area contributed by atoms with Crippen LogP contribution in [0.3, 0.4) is 0 Å². The van der Waals surface area contributed by atoms with Crippen molar-refractivity contribution in [3.63, 3.8) is 0 Å². The molecule has 1 aromatic rings. The van der Waals surface area contributed by atoms with Gasteiger partial charge in [-0.2, -0.15) is 5.26 Å². The molecule has 6 nitrogen and oxygen atoms in total. The minimum Gasteiger partial charge on any atom is -0.465 e. The largest absolute Gasteiger partial charge is 0.465 e. The average Bonchev–Trinajstić information content (AvgIpc) is 2.99. The standard InChI is InChI=1S/C16H18BrFN2O4S/c1-15(20-14(21)22,12-8-11(17)4-5-13(12)18)10-25(23,24)16(9-19)6-2-3-7-16/h4-5,8,20H,2-3,6-7,10H2,1H3,(H,21,22). The normalized spacial score (nSPS) is 19.0. The van der Waals surface area contributed by atoms with E-state index < -0.39 is 37.8 Å². The molecule has 0 aromatic heterocycles. The van der Waals surface area contributed by atoms with Crippen LogP contribution in [-0.2, 0) is 15.4 Å². The Morgan fingerprint density at radius 2 is 2.08 bits per heavy atom. The van der Waals surface area contributed by atoms with Crippen LogP contribution < -0.4 is 5.32 Å². The summed E-state index contributed by atoms with van der Waals surface area (Å²) in [5.41, 5.74) is -1.83. The van der Waals surface area contributed by atoms with Crippen LogP contribution in [0.4, 0.5) is 9.18 Å². The van der Waals surface area contributed by atoms with Gasteiger partial charge < -0.3 is 10.4 Å². The molecule has 0 aliphatic heterocycles. The number of benzene rings is 1. The molecule has 2 rings (SSSR count). The van der Waals surface area contributed by atoms with Gasteiger partial charge in [0, 0.05) is 10.0 Å². The molecule has 25 heavy (non-hydrogen) atoms. The van der Waals surface area contributed by atoms with E-state index in [1.165, 1.54) is 19.1 Å². The van der Waals surface area contributed by atoms with Crippen LogP contribution in [0.2, 0.25) is 0 Å². The summed E-state index contributed by atoms with van der Waals surface area (Å²) in [7, 11) is -4.02. The Morgan fingerprint density at radius 3 is 2.60 bits per heavy atom. The van der Waals surface area contributed by atoms with E-state index in [-0.39, 0.29) is 18.4 Å². The molecule has 1 aliphatic carbocycles. The zero-order chi connectivity index (χ0) is 18.9. The van der Waals surface area contributed by atoms with Crippen molar-refractivity contribution in [2.24, 2.45) is 0 Å². The molecule has 1 unspecified atom stereocenters. The topological polar surface area (TPSA) is 107 Å². The first-order valence-electron chi connectivity index (χ1n) is 7.65. The van der Waals surface area contributed by atoms with Gasteiger partial charge in [0.25, 0.3) is 0 Å². The van der Waals surface area contributed by atoms with Crippen molar-refractivity contribution in [2.45, 2.75) is 42.9 Å². The van der Waals surface area contributed by atoms with E-state index in [0.717, 1.165) is 6.07 Å². The number of rotatable bonds is 5. The predicted octanol–water partition coefficient (Wildman–Crippen LogP) is 3.32. The molecule has 0 bridgehead atoms. The second-order valence-corrected chi connectivity index (χ2v) is 9.67. The SMILES string of the molecule is CC(CS(=O)(=O)C1(C#N)CCCC1)(NC(=O)O)c1cc(Br)ccc1F. The monoisotopic (exact) mass is 432 g/mol. The first-order valence-corrected chi connectivity index (χ1v) is 10.1. The van der Waals surface area contributed by atoms with Crippen LogP contribution in [0.15, 0.2) is 22.7 Å². The number of hydrogen-bond acceptors (Lipinski definition) is 4. The number of hydrogen-bond donors (Lipinski definition) is 2. The lowest BCUT2D eigenvalue weighted by atomic mass is 9.93. The lowest BCUT2D eigenvalue weighted by Crippen LogP contribution is -2.52. The summed E-state index contributed by atoms with van der Waals surface area (Å²) in [6.07, 6.45) is 0.156.